The average Bonchev–Trinajstić information content (AvgIpc) is 2.70. The first-order chi connectivity index (χ1) is 14.6. The Bertz CT molecular complexity index is 1010. The molecule has 170 valence electrons. The number of carbonyl (C=O) groups excluding carboxylic acids is 1. The third-order valence-corrected chi connectivity index (χ3v) is 6.34. The molecule has 2 aromatic carbocycles. The highest BCUT2D eigenvalue weighted by atomic mass is 35.5. The van der Waals surface area contributed by atoms with Gasteiger partial charge in [-0.05, 0) is 48.6 Å². The molecule has 0 radical (unpaired) electrons. The van der Waals surface area contributed by atoms with Crippen LogP contribution >= 0.6 is 11.6 Å². The third kappa shape index (κ3) is 6.61. The SMILES string of the molecule is CC[C@H](C(=O)NCCOc1ccccc1C(C)C)N(c1cc(Cl)ccc1C)S(C)(=O)=O. The standard InChI is InChI=1S/C23H31ClN2O4S/c1-6-20(26(31(5,28)29)21-15-18(24)12-11-17(21)4)23(27)25-13-14-30-22-10-8-7-9-19(22)16(2)3/h7-12,15-16,20H,6,13-14H2,1-5H3,(H,25,27)/t20-/m1/s1. The zero-order chi connectivity index (χ0) is 23.2. The third-order valence-electron chi connectivity index (χ3n) is 4.94. The number of hydrogen-bond acceptors (Lipinski definition) is 4. The van der Waals surface area contributed by atoms with Crippen LogP contribution in [-0.4, -0.2) is 39.8 Å². The number of hydrogen-bond donors (Lipinski definition) is 1. The topological polar surface area (TPSA) is 75.7 Å². The van der Waals surface area contributed by atoms with E-state index in [1.807, 2.05) is 24.3 Å². The Morgan fingerprint density at radius 2 is 1.87 bits per heavy atom. The maximum atomic E-state index is 12.9. The van der Waals surface area contributed by atoms with Crippen LogP contribution in [-0.2, 0) is 14.8 Å². The second kappa shape index (κ2) is 10.9. The number of benzene rings is 2. The molecule has 0 heterocycles. The van der Waals surface area contributed by atoms with E-state index in [9.17, 15) is 13.2 Å². The van der Waals surface area contributed by atoms with Crippen molar-refractivity contribution in [3.8, 4) is 5.75 Å². The lowest BCUT2D eigenvalue weighted by Gasteiger charge is -2.31. The fourth-order valence-corrected chi connectivity index (χ4v) is 4.82. The van der Waals surface area contributed by atoms with Crippen molar-refractivity contribution in [2.45, 2.75) is 46.1 Å². The fraction of sp³-hybridized carbons (Fsp3) is 0.435. The highest BCUT2D eigenvalue weighted by Crippen LogP contribution is 2.29. The van der Waals surface area contributed by atoms with Gasteiger partial charge in [0.15, 0.2) is 0 Å². The largest absolute Gasteiger partial charge is 0.491 e. The molecule has 0 aliphatic heterocycles. The summed E-state index contributed by atoms with van der Waals surface area (Å²) in [7, 11) is -3.72. The number of rotatable bonds is 10. The van der Waals surface area contributed by atoms with Crippen LogP contribution in [0.2, 0.25) is 5.02 Å². The Hall–Kier alpha value is -2.25. The first-order valence-corrected chi connectivity index (χ1v) is 12.5. The maximum Gasteiger partial charge on any atom is 0.244 e. The van der Waals surface area contributed by atoms with Gasteiger partial charge in [-0.15, -0.1) is 0 Å². The molecule has 2 rings (SSSR count). The molecule has 0 fully saturated rings. The molecule has 2 aromatic rings. The maximum absolute atomic E-state index is 12.9. The number of anilines is 1. The number of nitrogens with one attached hydrogen (secondary N) is 1. The van der Waals surface area contributed by atoms with Gasteiger partial charge in [-0.1, -0.05) is 56.6 Å². The minimum atomic E-state index is -3.72. The van der Waals surface area contributed by atoms with Crippen LogP contribution in [0.25, 0.3) is 0 Å². The molecular weight excluding hydrogens is 436 g/mol. The molecule has 1 atom stereocenters. The summed E-state index contributed by atoms with van der Waals surface area (Å²) in [5.41, 5.74) is 2.22. The van der Waals surface area contributed by atoms with Crippen molar-refractivity contribution >= 4 is 33.2 Å². The predicted octanol–water partition coefficient (Wildman–Crippen LogP) is 4.51. The van der Waals surface area contributed by atoms with Crippen LogP contribution in [0.5, 0.6) is 5.75 Å². The van der Waals surface area contributed by atoms with Gasteiger partial charge in [0.25, 0.3) is 0 Å². The summed E-state index contributed by atoms with van der Waals surface area (Å²) < 4.78 is 32.2. The van der Waals surface area contributed by atoms with Crippen LogP contribution in [0.1, 0.15) is 44.2 Å². The molecule has 1 N–H and O–H groups in total. The number of amides is 1. The van der Waals surface area contributed by atoms with Crippen LogP contribution in [0.3, 0.4) is 0 Å². The number of halogens is 1. The van der Waals surface area contributed by atoms with Gasteiger partial charge in [0.1, 0.15) is 18.4 Å². The molecule has 0 saturated heterocycles. The highest BCUT2D eigenvalue weighted by molar-refractivity contribution is 7.92. The normalized spacial score (nSPS) is 12.5. The molecule has 0 saturated carbocycles. The van der Waals surface area contributed by atoms with Gasteiger partial charge < -0.3 is 10.1 Å². The van der Waals surface area contributed by atoms with Gasteiger partial charge in [0, 0.05) is 5.02 Å². The van der Waals surface area contributed by atoms with E-state index < -0.39 is 16.1 Å². The van der Waals surface area contributed by atoms with E-state index in [1.165, 1.54) is 0 Å². The molecule has 0 aliphatic rings. The van der Waals surface area contributed by atoms with Crippen molar-refractivity contribution in [2.24, 2.45) is 0 Å². The van der Waals surface area contributed by atoms with Gasteiger partial charge in [-0.2, -0.15) is 0 Å². The zero-order valence-electron chi connectivity index (χ0n) is 18.7. The summed E-state index contributed by atoms with van der Waals surface area (Å²) in [6, 6.07) is 11.9. The highest BCUT2D eigenvalue weighted by Gasteiger charge is 2.32. The van der Waals surface area contributed by atoms with Crippen LogP contribution < -0.4 is 14.4 Å². The lowest BCUT2D eigenvalue weighted by molar-refractivity contribution is -0.122. The van der Waals surface area contributed by atoms with Crippen molar-refractivity contribution in [3.05, 3.63) is 58.6 Å². The molecule has 1 amide bonds. The van der Waals surface area contributed by atoms with Crippen molar-refractivity contribution < 1.29 is 17.9 Å². The second-order valence-corrected chi connectivity index (χ2v) is 10.0. The summed E-state index contributed by atoms with van der Waals surface area (Å²) in [4.78, 5) is 12.9. The Labute approximate surface area is 190 Å². The van der Waals surface area contributed by atoms with E-state index >= 15 is 0 Å². The summed E-state index contributed by atoms with van der Waals surface area (Å²) in [6.07, 6.45) is 1.40. The molecule has 0 aliphatic carbocycles. The Balaban J connectivity index is 2.12. The molecule has 8 heteroatoms. The number of sulfonamides is 1. The number of para-hydroxylation sites is 1. The minimum Gasteiger partial charge on any atom is -0.491 e. The molecule has 31 heavy (non-hydrogen) atoms. The van der Waals surface area contributed by atoms with Crippen molar-refractivity contribution in [2.75, 3.05) is 23.7 Å². The van der Waals surface area contributed by atoms with Crippen molar-refractivity contribution in [3.63, 3.8) is 0 Å². The molecule has 0 aromatic heterocycles. The lowest BCUT2D eigenvalue weighted by atomic mass is 10.0. The van der Waals surface area contributed by atoms with Crippen LogP contribution in [0.15, 0.2) is 42.5 Å². The van der Waals surface area contributed by atoms with Crippen LogP contribution in [0, 0.1) is 6.92 Å². The Morgan fingerprint density at radius 1 is 1.19 bits per heavy atom. The predicted molar refractivity (Wildman–Crippen MR) is 127 cm³/mol. The minimum absolute atomic E-state index is 0.258. The quantitative estimate of drug-likeness (QED) is 0.522. The molecule has 0 unspecified atom stereocenters. The van der Waals surface area contributed by atoms with Gasteiger partial charge in [0.2, 0.25) is 15.9 Å². The summed E-state index contributed by atoms with van der Waals surface area (Å²) >= 11 is 6.10. The number of nitrogens with zero attached hydrogens (tertiary/aromatic N) is 1. The van der Waals surface area contributed by atoms with Crippen LogP contribution in [0.4, 0.5) is 5.69 Å². The number of carbonyl (C=O) groups is 1. The zero-order valence-corrected chi connectivity index (χ0v) is 20.3. The Morgan fingerprint density at radius 3 is 2.48 bits per heavy atom. The van der Waals surface area contributed by atoms with E-state index in [2.05, 4.69) is 19.2 Å². The molecule has 0 spiro atoms. The number of ether oxygens (including phenoxy) is 1. The first-order valence-electron chi connectivity index (χ1n) is 10.3. The smallest absolute Gasteiger partial charge is 0.244 e. The summed E-state index contributed by atoms with van der Waals surface area (Å²) in [6.45, 7) is 8.28. The van der Waals surface area contributed by atoms with Gasteiger partial charge in [-0.3, -0.25) is 9.10 Å². The van der Waals surface area contributed by atoms with E-state index in [-0.39, 0.29) is 19.1 Å². The van der Waals surface area contributed by atoms with E-state index in [0.717, 1.165) is 27.4 Å². The first kappa shape index (κ1) is 25.0. The lowest BCUT2D eigenvalue weighted by Crippen LogP contribution is -2.50. The molecular formula is C23H31ClN2O4S. The molecule has 6 nitrogen and oxygen atoms in total. The summed E-state index contributed by atoms with van der Waals surface area (Å²) in [5.74, 6) is 0.721. The Kier molecular flexibility index (Phi) is 8.77. The van der Waals surface area contributed by atoms with E-state index in [4.69, 9.17) is 16.3 Å². The van der Waals surface area contributed by atoms with E-state index in [1.54, 1.807) is 32.0 Å². The van der Waals surface area contributed by atoms with E-state index in [0.29, 0.717) is 23.0 Å². The summed E-state index contributed by atoms with van der Waals surface area (Å²) in [5, 5.41) is 3.21. The van der Waals surface area contributed by atoms with Gasteiger partial charge >= 0.3 is 0 Å². The average molecular weight is 467 g/mol. The fourth-order valence-electron chi connectivity index (χ4n) is 3.40. The molecule has 0 bridgehead atoms. The van der Waals surface area contributed by atoms with Crippen molar-refractivity contribution in [1.82, 2.24) is 5.32 Å². The van der Waals surface area contributed by atoms with Gasteiger partial charge in [0.05, 0.1) is 18.5 Å². The second-order valence-electron chi connectivity index (χ2n) is 7.75. The van der Waals surface area contributed by atoms with Gasteiger partial charge in [-0.25, -0.2) is 8.42 Å². The monoisotopic (exact) mass is 466 g/mol. The number of aryl methyl sites for hydroxylation is 1. The van der Waals surface area contributed by atoms with Crippen molar-refractivity contribution in [1.29, 1.82) is 0 Å².